The smallest absolute Gasteiger partial charge is 0.163 e. The second-order valence-corrected chi connectivity index (χ2v) is 4.61. The van der Waals surface area contributed by atoms with Crippen LogP contribution in [-0.4, -0.2) is 16.3 Å². The standard InChI is InChI=1S/C14H21N3O2/c1-5-15-7-12-6-13(18-8-12)9-19-14-10(2)16-17(4)11(14)3/h6,8,15H,5,7,9H2,1-4H3. The molecule has 0 fully saturated rings. The molecule has 0 unspecified atom stereocenters. The molecule has 0 radical (unpaired) electrons. The van der Waals surface area contributed by atoms with Gasteiger partial charge in [-0.1, -0.05) is 6.92 Å². The Labute approximate surface area is 113 Å². The molecule has 2 heterocycles. The Hall–Kier alpha value is -1.75. The first-order chi connectivity index (χ1) is 9.11. The lowest BCUT2D eigenvalue weighted by Crippen LogP contribution is -2.10. The van der Waals surface area contributed by atoms with Crippen molar-refractivity contribution in [2.75, 3.05) is 6.54 Å². The maximum atomic E-state index is 5.79. The van der Waals surface area contributed by atoms with E-state index in [0.29, 0.717) is 6.61 Å². The Bertz CT molecular complexity index is 543. The maximum Gasteiger partial charge on any atom is 0.163 e. The van der Waals surface area contributed by atoms with Crippen LogP contribution in [0.4, 0.5) is 0 Å². The number of aromatic nitrogens is 2. The first kappa shape index (κ1) is 13.7. The van der Waals surface area contributed by atoms with Crippen LogP contribution in [0.15, 0.2) is 16.7 Å². The predicted octanol–water partition coefficient (Wildman–Crippen LogP) is 2.32. The Morgan fingerprint density at radius 2 is 2.21 bits per heavy atom. The van der Waals surface area contributed by atoms with Crippen molar-refractivity contribution in [2.24, 2.45) is 7.05 Å². The predicted molar refractivity (Wildman–Crippen MR) is 73.1 cm³/mol. The molecule has 5 nitrogen and oxygen atoms in total. The van der Waals surface area contributed by atoms with Gasteiger partial charge in [0.1, 0.15) is 18.1 Å². The fourth-order valence-corrected chi connectivity index (χ4v) is 1.97. The molecule has 2 rings (SSSR count). The first-order valence-electron chi connectivity index (χ1n) is 6.51. The van der Waals surface area contributed by atoms with Crippen LogP contribution >= 0.6 is 0 Å². The summed E-state index contributed by atoms with van der Waals surface area (Å²) in [5, 5.41) is 7.58. The van der Waals surface area contributed by atoms with Crippen LogP contribution in [0.3, 0.4) is 0 Å². The number of aryl methyl sites for hydroxylation is 2. The van der Waals surface area contributed by atoms with E-state index in [1.165, 1.54) is 0 Å². The largest absolute Gasteiger partial charge is 0.482 e. The van der Waals surface area contributed by atoms with Crippen molar-refractivity contribution in [3.05, 3.63) is 35.0 Å². The van der Waals surface area contributed by atoms with Gasteiger partial charge in [0.25, 0.3) is 0 Å². The third-order valence-corrected chi connectivity index (χ3v) is 3.09. The highest BCUT2D eigenvalue weighted by atomic mass is 16.5. The molecular formula is C14H21N3O2. The van der Waals surface area contributed by atoms with Gasteiger partial charge in [-0.15, -0.1) is 0 Å². The van der Waals surface area contributed by atoms with Gasteiger partial charge in [0, 0.05) is 19.2 Å². The molecule has 2 aromatic rings. The minimum Gasteiger partial charge on any atom is -0.482 e. The third kappa shape index (κ3) is 3.17. The lowest BCUT2D eigenvalue weighted by Gasteiger charge is -2.04. The average molecular weight is 263 g/mol. The van der Waals surface area contributed by atoms with Gasteiger partial charge in [-0.2, -0.15) is 5.10 Å². The molecule has 5 heteroatoms. The lowest BCUT2D eigenvalue weighted by molar-refractivity contribution is 0.267. The van der Waals surface area contributed by atoms with Crippen LogP contribution in [0.2, 0.25) is 0 Å². The van der Waals surface area contributed by atoms with Gasteiger partial charge < -0.3 is 14.5 Å². The number of rotatable bonds is 6. The van der Waals surface area contributed by atoms with Crippen LogP contribution in [-0.2, 0) is 20.2 Å². The summed E-state index contributed by atoms with van der Waals surface area (Å²) < 4.78 is 13.1. The molecule has 0 aliphatic carbocycles. The van der Waals surface area contributed by atoms with Crippen LogP contribution in [0.1, 0.15) is 29.6 Å². The zero-order chi connectivity index (χ0) is 13.8. The van der Waals surface area contributed by atoms with Crippen molar-refractivity contribution in [1.82, 2.24) is 15.1 Å². The minimum absolute atomic E-state index is 0.430. The van der Waals surface area contributed by atoms with Gasteiger partial charge in [0.05, 0.1) is 12.0 Å². The molecule has 0 aliphatic rings. The van der Waals surface area contributed by atoms with Gasteiger partial charge >= 0.3 is 0 Å². The number of furan rings is 1. The molecular weight excluding hydrogens is 242 g/mol. The van der Waals surface area contributed by atoms with Crippen molar-refractivity contribution >= 4 is 0 Å². The van der Waals surface area contributed by atoms with E-state index in [1.54, 1.807) is 6.26 Å². The number of nitrogens with one attached hydrogen (secondary N) is 1. The minimum atomic E-state index is 0.430. The molecule has 0 saturated carbocycles. The molecule has 0 amide bonds. The van der Waals surface area contributed by atoms with Crippen molar-refractivity contribution in [3.8, 4) is 5.75 Å². The Kier molecular flexibility index (Phi) is 4.27. The zero-order valence-corrected chi connectivity index (χ0v) is 12.0. The fraction of sp³-hybridized carbons (Fsp3) is 0.500. The summed E-state index contributed by atoms with van der Waals surface area (Å²) in [4.78, 5) is 0. The molecule has 0 atom stereocenters. The molecule has 0 aliphatic heterocycles. The summed E-state index contributed by atoms with van der Waals surface area (Å²) in [6, 6.07) is 2.02. The zero-order valence-electron chi connectivity index (χ0n) is 12.0. The highest BCUT2D eigenvalue weighted by Crippen LogP contribution is 2.22. The Balaban J connectivity index is 1.96. The topological polar surface area (TPSA) is 52.2 Å². The van der Waals surface area contributed by atoms with Gasteiger partial charge in [-0.3, -0.25) is 4.68 Å². The van der Waals surface area contributed by atoms with Crippen molar-refractivity contribution < 1.29 is 9.15 Å². The quantitative estimate of drug-likeness (QED) is 0.869. The summed E-state index contributed by atoms with van der Waals surface area (Å²) in [5.41, 5.74) is 3.07. The van der Waals surface area contributed by atoms with Crippen LogP contribution in [0.5, 0.6) is 5.75 Å². The second kappa shape index (κ2) is 5.93. The van der Waals surface area contributed by atoms with Crippen LogP contribution in [0, 0.1) is 13.8 Å². The second-order valence-electron chi connectivity index (χ2n) is 4.61. The SMILES string of the molecule is CCNCc1coc(COc2c(C)nn(C)c2C)c1. The van der Waals surface area contributed by atoms with Gasteiger partial charge in [0.2, 0.25) is 0 Å². The van der Waals surface area contributed by atoms with Gasteiger partial charge in [-0.25, -0.2) is 0 Å². The fourth-order valence-electron chi connectivity index (χ4n) is 1.97. The number of ether oxygens (including phenoxy) is 1. The van der Waals surface area contributed by atoms with E-state index >= 15 is 0 Å². The van der Waals surface area contributed by atoms with E-state index in [2.05, 4.69) is 17.3 Å². The summed E-state index contributed by atoms with van der Waals surface area (Å²) in [6.45, 7) is 8.22. The summed E-state index contributed by atoms with van der Waals surface area (Å²) in [5.74, 6) is 1.67. The Morgan fingerprint density at radius 3 is 2.84 bits per heavy atom. The van der Waals surface area contributed by atoms with E-state index in [4.69, 9.17) is 9.15 Å². The van der Waals surface area contributed by atoms with Gasteiger partial charge in [0.15, 0.2) is 5.75 Å². The van der Waals surface area contributed by atoms with Crippen LogP contribution in [0.25, 0.3) is 0 Å². The average Bonchev–Trinajstić information content (AvgIpc) is 2.92. The van der Waals surface area contributed by atoms with E-state index in [-0.39, 0.29) is 0 Å². The molecule has 104 valence electrons. The normalized spacial score (nSPS) is 10.9. The maximum absolute atomic E-state index is 5.79. The lowest BCUT2D eigenvalue weighted by atomic mass is 10.3. The first-order valence-corrected chi connectivity index (χ1v) is 6.51. The Morgan fingerprint density at radius 1 is 1.42 bits per heavy atom. The van der Waals surface area contributed by atoms with Crippen molar-refractivity contribution in [3.63, 3.8) is 0 Å². The summed E-state index contributed by atoms with van der Waals surface area (Å²) in [7, 11) is 1.91. The van der Waals surface area contributed by atoms with E-state index < -0.39 is 0 Å². The van der Waals surface area contributed by atoms with E-state index in [0.717, 1.165) is 41.6 Å². The number of hydrogen-bond acceptors (Lipinski definition) is 4. The molecule has 1 N–H and O–H groups in total. The molecule has 19 heavy (non-hydrogen) atoms. The monoisotopic (exact) mass is 263 g/mol. The summed E-state index contributed by atoms with van der Waals surface area (Å²) in [6.07, 6.45) is 1.77. The van der Waals surface area contributed by atoms with Gasteiger partial charge in [-0.05, 0) is 26.5 Å². The third-order valence-electron chi connectivity index (χ3n) is 3.09. The van der Waals surface area contributed by atoms with E-state index in [1.807, 2.05) is 31.6 Å². The van der Waals surface area contributed by atoms with Crippen molar-refractivity contribution in [1.29, 1.82) is 0 Å². The van der Waals surface area contributed by atoms with Crippen LogP contribution < -0.4 is 10.1 Å². The summed E-state index contributed by atoms with van der Waals surface area (Å²) >= 11 is 0. The van der Waals surface area contributed by atoms with E-state index in [9.17, 15) is 0 Å². The highest BCUT2D eigenvalue weighted by Gasteiger charge is 2.11. The molecule has 0 bridgehead atoms. The molecule has 2 aromatic heterocycles. The van der Waals surface area contributed by atoms with Crippen molar-refractivity contribution in [2.45, 2.75) is 33.9 Å². The number of nitrogens with zero attached hydrogens (tertiary/aromatic N) is 2. The molecule has 0 aromatic carbocycles. The molecule has 0 spiro atoms. The number of hydrogen-bond donors (Lipinski definition) is 1. The molecule has 0 saturated heterocycles. The highest BCUT2D eigenvalue weighted by molar-refractivity contribution is 5.31.